The van der Waals surface area contributed by atoms with E-state index in [0.717, 1.165) is 50.4 Å². The summed E-state index contributed by atoms with van der Waals surface area (Å²) < 4.78 is 0. The standard InChI is InChI=1S/C19H30N4O/c1-2-3-4-5-6-10-18(24)22-19(23-13-11-21-12-14-23)16-8-7-9-17(20)15-16/h7-9,15,21H,2-6,10-14,20H2,1H3. The predicted molar refractivity (Wildman–Crippen MR) is 100 cm³/mol. The SMILES string of the molecule is CCCCCCCC(=O)N=C(c1cccc(N)c1)N1CCNCC1. The Morgan fingerprint density at radius 1 is 1.21 bits per heavy atom. The van der Waals surface area contributed by atoms with Gasteiger partial charge in [0.1, 0.15) is 5.84 Å². The second-order valence-electron chi connectivity index (χ2n) is 6.36. The number of anilines is 1. The van der Waals surface area contributed by atoms with Crippen molar-refractivity contribution in [1.82, 2.24) is 10.2 Å². The molecule has 2 rings (SSSR count). The molecule has 0 bridgehead atoms. The fourth-order valence-corrected chi connectivity index (χ4v) is 2.93. The van der Waals surface area contributed by atoms with E-state index in [9.17, 15) is 4.79 Å². The molecule has 5 heteroatoms. The van der Waals surface area contributed by atoms with E-state index >= 15 is 0 Å². The highest BCUT2D eigenvalue weighted by molar-refractivity contribution is 6.05. The molecule has 0 radical (unpaired) electrons. The average Bonchev–Trinajstić information content (AvgIpc) is 2.60. The van der Waals surface area contributed by atoms with Gasteiger partial charge in [0.15, 0.2) is 0 Å². The Hall–Kier alpha value is -1.88. The Kier molecular flexibility index (Phi) is 7.75. The van der Waals surface area contributed by atoms with Crippen LogP contribution in [-0.4, -0.2) is 42.8 Å². The molecule has 0 aromatic heterocycles. The van der Waals surface area contributed by atoms with Gasteiger partial charge in [-0.15, -0.1) is 0 Å². The van der Waals surface area contributed by atoms with Gasteiger partial charge in [0.2, 0.25) is 5.91 Å². The Morgan fingerprint density at radius 2 is 1.96 bits per heavy atom. The molecule has 0 aliphatic carbocycles. The quantitative estimate of drug-likeness (QED) is 0.349. The van der Waals surface area contributed by atoms with E-state index in [-0.39, 0.29) is 5.91 Å². The number of hydrogen-bond donors (Lipinski definition) is 2. The number of nitrogens with zero attached hydrogens (tertiary/aromatic N) is 2. The van der Waals surface area contributed by atoms with Crippen LogP contribution in [0.3, 0.4) is 0 Å². The molecule has 1 saturated heterocycles. The van der Waals surface area contributed by atoms with Gasteiger partial charge in [-0.25, -0.2) is 0 Å². The summed E-state index contributed by atoms with van der Waals surface area (Å²) in [5.41, 5.74) is 7.54. The molecule has 1 heterocycles. The normalized spacial score (nSPS) is 15.5. The molecule has 1 aromatic rings. The number of hydrogen-bond acceptors (Lipinski definition) is 3. The molecule has 0 unspecified atom stereocenters. The summed E-state index contributed by atoms with van der Waals surface area (Å²) in [5, 5.41) is 3.33. The van der Waals surface area contributed by atoms with Crippen LogP contribution in [0.4, 0.5) is 5.69 Å². The summed E-state index contributed by atoms with van der Waals surface area (Å²) in [4.78, 5) is 19.0. The Labute approximate surface area is 145 Å². The number of carbonyl (C=O) groups is 1. The molecule has 0 atom stereocenters. The van der Waals surface area contributed by atoms with Crippen LogP contribution in [0.25, 0.3) is 0 Å². The number of nitrogens with one attached hydrogen (secondary N) is 1. The third-order valence-corrected chi connectivity index (χ3v) is 4.29. The monoisotopic (exact) mass is 330 g/mol. The number of rotatable bonds is 7. The Bertz CT molecular complexity index is 550. The molecule has 0 spiro atoms. The minimum Gasteiger partial charge on any atom is -0.399 e. The third kappa shape index (κ3) is 5.96. The fraction of sp³-hybridized carbons (Fsp3) is 0.579. The lowest BCUT2D eigenvalue weighted by atomic mass is 10.1. The zero-order valence-electron chi connectivity index (χ0n) is 14.8. The summed E-state index contributed by atoms with van der Waals surface area (Å²) >= 11 is 0. The predicted octanol–water partition coefficient (Wildman–Crippen LogP) is 2.81. The van der Waals surface area contributed by atoms with E-state index in [1.54, 1.807) is 0 Å². The van der Waals surface area contributed by atoms with Crippen molar-refractivity contribution in [2.45, 2.75) is 45.4 Å². The molecular weight excluding hydrogens is 300 g/mol. The first-order chi connectivity index (χ1) is 11.7. The highest BCUT2D eigenvalue weighted by Gasteiger charge is 2.18. The van der Waals surface area contributed by atoms with Crippen molar-refractivity contribution in [3.05, 3.63) is 29.8 Å². The maximum atomic E-state index is 12.3. The number of benzene rings is 1. The van der Waals surface area contributed by atoms with Gasteiger partial charge in [-0.05, 0) is 18.6 Å². The molecule has 5 nitrogen and oxygen atoms in total. The molecule has 1 fully saturated rings. The topological polar surface area (TPSA) is 70.7 Å². The number of carbonyl (C=O) groups excluding carboxylic acids is 1. The van der Waals surface area contributed by atoms with Crippen LogP contribution < -0.4 is 11.1 Å². The lowest BCUT2D eigenvalue weighted by Gasteiger charge is -2.30. The summed E-state index contributed by atoms with van der Waals surface area (Å²) in [7, 11) is 0. The number of nitrogens with two attached hydrogens (primary N) is 1. The van der Waals surface area contributed by atoms with Crippen molar-refractivity contribution in [2.75, 3.05) is 31.9 Å². The minimum atomic E-state index is -0.0255. The number of aliphatic imine (C=N–C) groups is 1. The summed E-state index contributed by atoms with van der Waals surface area (Å²) in [6.45, 7) is 5.73. The number of nitrogen functional groups attached to an aromatic ring is 1. The largest absolute Gasteiger partial charge is 0.399 e. The van der Waals surface area contributed by atoms with Gasteiger partial charge in [-0.2, -0.15) is 4.99 Å². The Balaban J connectivity index is 2.05. The van der Waals surface area contributed by atoms with E-state index in [2.05, 4.69) is 22.1 Å². The fourth-order valence-electron chi connectivity index (χ4n) is 2.93. The number of amidine groups is 1. The van der Waals surface area contributed by atoms with Crippen LogP contribution in [0.5, 0.6) is 0 Å². The second-order valence-corrected chi connectivity index (χ2v) is 6.36. The van der Waals surface area contributed by atoms with Gasteiger partial charge >= 0.3 is 0 Å². The zero-order chi connectivity index (χ0) is 17.2. The zero-order valence-corrected chi connectivity index (χ0v) is 14.8. The first-order valence-corrected chi connectivity index (χ1v) is 9.14. The number of unbranched alkanes of at least 4 members (excludes halogenated alkanes) is 4. The highest BCUT2D eigenvalue weighted by atomic mass is 16.1. The smallest absolute Gasteiger partial charge is 0.247 e. The van der Waals surface area contributed by atoms with Gasteiger partial charge in [-0.3, -0.25) is 4.79 Å². The lowest BCUT2D eigenvalue weighted by molar-refractivity contribution is -0.117. The molecule has 1 aliphatic heterocycles. The van der Waals surface area contributed by atoms with Crippen LogP contribution in [-0.2, 0) is 4.79 Å². The van der Waals surface area contributed by atoms with Crippen molar-refractivity contribution in [2.24, 2.45) is 4.99 Å². The molecule has 24 heavy (non-hydrogen) atoms. The first kappa shape index (κ1) is 18.5. The molecule has 1 aromatic carbocycles. The maximum absolute atomic E-state index is 12.3. The lowest BCUT2D eigenvalue weighted by Crippen LogP contribution is -2.47. The van der Waals surface area contributed by atoms with Crippen molar-refractivity contribution in [3.63, 3.8) is 0 Å². The summed E-state index contributed by atoms with van der Waals surface area (Å²) in [6, 6.07) is 7.65. The maximum Gasteiger partial charge on any atom is 0.247 e. The van der Waals surface area contributed by atoms with E-state index in [1.165, 1.54) is 19.3 Å². The van der Waals surface area contributed by atoms with E-state index in [4.69, 9.17) is 5.73 Å². The second kappa shape index (κ2) is 10.1. The molecule has 1 aliphatic rings. The van der Waals surface area contributed by atoms with Crippen LogP contribution in [0.1, 0.15) is 51.0 Å². The van der Waals surface area contributed by atoms with E-state index in [1.807, 2.05) is 24.3 Å². The van der Waals surface area contributed by atoms with Gasteiger partial charge in [0.25, 0.3) is 0 Å². The van der Waals surface area contributed by atoms with Gasteiger partial charge in [-0.1, -0.05) is 44.7 Å². The molecule has 132 valence electrons. The number of amides is 1. The van der Waals surface area contributed by atoms with Crippen molar-refractivity contribution in [1.29, 1.82) is 0 Å². The minimum absolute atomic E-state index is 0.0255. The molecule has 0 saturated carbocycles. The van der Waals surface area contributed by atoms with E-state index < -0.39 is 0 Å². The Morgan fingerprint density at radius 3 is 2.67 bits per heavy atom. The van der Waals surface area contributed by atoms with Crippen molar-refractivity contribution < 1.29 is 4.79 Å². The van der Waals surface area contributed by atoms with Crippen LogP contribution in [0, 0.1) is 0 Å². The van der Waals surface area contributed by atoms with Gasteiger partial charge in [0.05, 0.1) is 0 Å². The molecule has 1 amide bonds. The average molecular weight is 330 g/mol. The van der Waals surface area contributed by atoms with Crippen LogP contribution in [0.15, 0.2) is 29.3 Å². The first-order valence-electron chi connectivity index (χ1n) is 9.14. The number of piperazine rings is 1. The van der Waals surface area contributed by atoms with Gasteiger partial charge in [0, 0.05) is 43.9 Å². The van der Waals surface area contributed by atoms with Crippen molar-refractivity contribution >= 4 is 17.4 Å². The summed E-state index contributed by atoms with van der Waals surface area (Å²) in [5.74, 6) is 0.741. The third-order valence-electron chi connectivity index (χ3n) is 4.29. The molecule has 3 N–H and O–H groups in total. The summed E-state index contributed by atoms with van der Waals surface area (Å²) in [6.07, 6.45) is 6.22. The van der Waals surface area contributed by atoms with Crippen LogP contribution in [0.2, 0.25) is 0 Å². The van der Waals surface area contributed by atoms with Gasteiger partial charge < -0.3 is 16.0 Å². The van der Waals surface area contributed by atoms with E-state index in [0.29, 0.717) is 12.1 Å². The van der Waals surface area contributed by atoms with Crippen LogP contribution >= 0.6 is 0 Å². The molecular formula is C19H30N4O. The highest BCUT2D eigenvalue weighted by Crippen LogP contribution is 2.13. The van der Waals surface area contributed by atoms with Crippen molar-refractivity contribution in [3.8, 4) is 0 Å².